The first kappa shape index (κ1) is 15.1. The van der Waals surface area contributed by atoms with E-state index in [0.29, 0.717) is 18.7 Å². The Morgan fingerprint density at radius 1 is 1.04 bits per heavy atom. The first-order valence-electron chi connectivity index (χ1n) is 7.79. The second-order valence-electron chi connectivity index (χ2n) is 5.78. The summed E-state index contributed by atoms with van der Waals surface area (Å²) < 4.78 is 0. The van der Waals surface area contributed by atoms with Crippen molar-refractivity contribution in [3.8, 4) is 6.07 Å². The summed E-state index contributed by atoms with van der Waals surface area (Å²) in [5, 5.41) is 9.22. The Morgan fingerprint density at radius 2 is 1.78 bits per heavy atom. The normalized spacial score (nSPS) is 14.4. The molecule has 23 heavy (non-hydrogen) atoms. The van der Waals surface area contributed by atoms with Gasteiger partial charge < -0.3 is 9.80 Å². The van der Waals surface area contributed by atoms with E-state index in [4.69, 9.17) is 0 Å². The molecule has 4 nitrogen and oxygen atoms in total. The van der Waals surface area contributed by atoms with Crippen LogP contribution in [0.25, 0.3) is 0 Å². The van der Waals surface area contributed by atoms with Crippen molar-refractivity contribution >= 4 is 11.6 Å². The summed E-state index contributed by atoms with van der Waals surface area (Å²) in [7, 11) is 0. The number of nitriles is 1. The number of anilines is 1. The lowest BCUT2D eigenvalue weighted by molar-refractivity contribution is 0.0746. The minimum Gasteiger partial charge on any atom is -0.367 e. The number of rotatable bonds is 2. The SMILES string of the molecule is Cc1cccc(C(=O)N2CCN(c3ccccc3C#N)CC2)c1. The number of carbonyl (C=O) groups excluding carboxylic acids is 1. The topological polar surface area (TPSA) is 47.3 Å². The molecular formula is C19H19N3O. The summed E-state index contributed by atoms with van der Waals surface area (Å²) in [6.45, 7) is 4.83. The van der Waals surface area contributed by atoms with Gasteiger partial charge in [0.15, 0.2) is 0 Å². The van der Waals surface area contributed by atoms with Gasteiger partial charge in [0, 0.05) is 31.7 Å². The predicted octanol–water partition coefficient (Wildman–Crippen LogP) is 2.83. The Hall–Kier alpha value is -2.80. The number of benzene rings is 2. The number of para-hydroxylation sites is 1. The van der Waals surface area contributed by atoms with Crippen LogP contribution in [0.15, 0.2) is 48.5 Å². The molecule has 0 aromatic heterocycles. The van der Waals surface area contributed by atoms with Crippen LogP contribution >= 0.6 is 0 Å². The Labute approximate surface area is 136 Å². The average Bonchev–Trinajstić information content (AvgIpc) is 2.61. The molecule has 2 aromatic carbocycles. The molecule has 0 atom stereocenters. The third kappa shape index (κ3) is 3.19. The summed E-state index contributed by atoms with van der Waals surface area (Å²) in [5.41, 5.74) is 3.48. The molecule has 1 aliphatic rings. The van der Waals surface area contributed by atoms with Crippen molar-refractivity contribution in [3.63, 3.8) is 0 Å². The lowest BCUT2D eigenvalue weighted by Crippen LogP contribution is -2.49. The molecule has 1 heterocycles. The number of hydrogen-bond acceptors (Lipinski definition) is 3. The third-order valence-electron chi connectivity index (χ3n) is 4.20. The zero-order valence-electron chi connectivity index (χ0n) is 13.2. The standard InChI is InChI=1S/C19H19N3O/c1-15-5-4-7-16(13-15)19(23)22-11-9-21(10-12-22)18-8-3-2-6-17(18)14-20/h2-8,13H,9-12H2,1H3. The summed E-state index contributed by atoms with van der Waals surface area (Å²) >= 11 is 0. The van der Waals surface area contributed by atoms with Gasteiger partial charge in [-0.25, -0.2) is 0 Å². The van der Waals surface area contributed by atoms with Gasteiger partial charge in [0.05, 0.1) is 11.3 Å². The first-order chi connectivity index (χ1) is 11.2. The molecule has 0 bridgehead atoms. The lowest BCUT2D eigenvalue weighted by atomic mass is 10.1. The molecule has 1 amide bonds. The Kier molecular flexibility index (Phi) is 4.29. The Bertz CT molecular complexity index is 755. The monoisotopic (exact) mass is 305 g/mol. The maximum Gasteiger partial charge on any atom is 0.253 e. The molecule has 1 saturated heterocycles. The Morgan fingerprint density at radius 3 is 2.48 bits per heavy atom. The van der Waals surface area contributed by atoms with E-state index in [9.17, 15) is 10.1 Å². The number of piperazine rings is 1. The van der Waals surface area contributed by atoms with Crippen LogP contribution in [0.5, 0.6) is 0 Å². The van der Waals surface area contributed by atoms with E-state index in [2.05, 4.69) is 11.0 Å². The van der Waals surface area contributed by atoms with Crippen LogP contribution in [-0.2, 0) is 0 Å². The second kappa shape index (κ2) is 6.53. The quantitative estimate of drug-likeness (QED) is 0.857. The van der Waals surface area contributed by atoms with Crippen LogP contribution < -0.4 is 4.90 Å². The van der Waals surface area contributed by atoms with Gasteiger partial charge in [0.2, 0.25) is 0 Å². The zero-order valence-corrected chi connectivity index (χ0v) is 13.2. The van der Waals surface area contributed by atoms with Gasteiger partial charge in [-0.1, -0.05) is 29.8 Å². The minimum absolute atomic E-state index is 0.0851. The van der Waals surface area contributed by atoms with E-state index in [1.807, 2.05) is 60.4 Å². The predicted molar refractivity (Wildman–Crippen MR) is 90.5 cm³/mol. The highest BCUT2D eigenvalue weighted by Crippen LogP contribution is 2.21. The molecular weight excluding hydrogens is 286 g/mol. The van der Waals surface area contributed by atoms with Crippen LogP contribution in [0.2, 0.25) is 0 Å². The molecule has 0 radical (unpaired) electrons. The molecule has 3 rings (SSSR count). The molecule has 4 heteroatoms. The molecule has 0 saturated carbocycles. The largest absolute Gasteiger partial charge is 0.367 e. The van der Waals surface area contributed by atoms with Crippen LogP contribution in [0.4, 0.5) is 5.69 Å². The molecule has 0 N–H and O–H groups in total. The minimum atomic E-state index is 0.0851. The molecule has 0 aliphatic carbocycles. The number of amides is 1. The highest BCUT2D eigenvalue weighted by Gasteiger charge is 2.23. The zero-order chi connectivity index (χ0) is 16.2. The number of carbonyl (C=O) groups is 1. The molecule has 0 spiro atoms. The van der Waals surface area contributed by atoms with Crippen molar-refractivity contribution in [2.45, 2.75) is 6.92 Å². The first-order valence-corrected chi connectivity index (χ1v) is 7.79. The lowest BCUT2D eigenvalue weighted by Gasteiger charge is -2.36. The van der Waals surface area contributed by atoms with Crippen molar-refractivity contribution < 1.29 is 4.79 Å². The summed E-state index contributed by atoms with van der Waals surface area (Å²) in [6, 6.07) is 17.6. The maximum absolute atomic E-state index is 12.6. The van der Waals surface area contributed by atoms with E-state index < -0.39 is 0 Å². The number of aryl methyl sites for hydroxylation is 1. The van der Waals surface area contributed by atoms with Gasteiger partial charge in [0.1, 0.15) is 6.07 Å². The van der Waals surface area contributed by atoms with Crippen LogP contribution in [0.1, 0.15) is 21.5 Å². The second-order valence-corrected chi connectivity index (χ2v) is 5.78. The van der Waals surface area contributed by atoms with Crippen molar-refractivity contribution in [1.82, 2.24) is 4.90 Å². The molecule has 0 unspecified atom stereocenters. The van der Waals surface area contributed by atoms with Crippen molar-refractivity contribution in [2.75, 3.05) is 31.1 Å². The van der Waals surface area contributed by atoms with Crippen molar-refractivity contribution in [3.05, 3.63) is 65.2 Å². The van der Waals surface area contributed by atoms with Crippen LogP contribution in [0.3, 0.4) is 0 Å². The van der Waals surface area contributed by atoms with E-state index in [1.165, 1.54) is 0 Å². The summed E-state index contributed by atoms with van der Waals surface area (Å²) in [5.74, 6) is 0.0851. The molecule has 2 aromatic rings. The smallest absolute Gasteiger partial charge is 0.253 e. The van der Waals surface area contributed by atoms with Crippen LogP contribution in [0, 0.1) is 18.3 Å². The van der Waals surface area contributed by atoms with Gasteiger partial charge in [-0.2, -0.15) is 5.26 Å². The molecule has 1 aliphatic heterocycles. The fraction of sp³-hybridized carbons (Fsp3) is 0.263. The molecule has 116 valence electrons. The van der Waals surface area contributed by atoms with Gasteiger partial charge in [-0.15, -0.1) is 0 Å². The van der Waals surface area contributed by atoms with Crippen LogP contribution in [-0.4, -0.2) is 37.0 Å². The van der Waals surface area contributed by atoms with E-state index in [-0.39, 0.29) is 5.91 Å². The van der Waals surface area contributed by atoms with Crippen molar-refractivity contribution in [2.24, 2.45) is 0 Å². The van der Waals surface area contributed by atoms with Gasteiger partial charge >= 0.3 is 0 Å². The summed E-state index contributed by atoms with van der Waals surface area (Å²) in [6.07, 6.45) is 0. The summed E-state index contributed by atoms with van der Waals surface area (Å²) in [4.78, 5) is 16.6. The van der Waals surface area contributed by atoms with E-state index in [1.54, 1.807) is 0 Å². The molecule has 1 fully saturated rings. The van der Waals surface area contributed by atoms with E-state index >= 15 is 0 Å². The fourth-order valence-electron chi connectivity index (χ4n) is 2.96. The van der Waals surface area contributed by atoms with Gasteiger partial charge in [0.25, 0.3) is 5.91 Å². The average molecular weight is 305 g/mol. The third-order valence-corrected chi connectivity index (χ3v) is 4.20. The number of nitrogens with zero attached hydrogens (tertiary/aromatic N) is 3. The van der Waals surface area contributed by atoms with Gasteiger partial charge in [-0.3, -0.25) is 4.79 Å². The highest BCUT2D eigenvalue weighted by molar-refractivity contribution is 5.94. The highest BCUT2D eigenvalue weighted by atomic mass is 16.2. The van der Waals surface area contributed by atoms with Crippen molar-refractivity contribution in [1.29, 1.82) is 5.26 Å². The number of hydrogen-bond donors (Lipinski definition) is 0. The Balaban J connectivity index is 1.69. The van der Waals surface area contributed by atoms with E-state index in [0.717, 1.165) is 29.9 Å². The maximum atomic E-state index is 12.6. The van der Waals surface area contributed by atoms with Gasteiger partial charge in [-0.05, 0) is 31.2 Å². The fourth-order valence-corrected chi connectivity index (χ4v) is 2.96.